The van der Waals surface area contributed by atoms with E-state index in [0.717, 1.165) is 44.6 Å². The predicted molar refractivity (Wildman–Crippen MR) is 171 cm³/mol. The number of cyclic esters (lactones) is 1. The van der Waals surface area contributed by atoms with E-state index in [2.05, 4.69) is 101 Å². The maximum atomic E-state index is 10.5. The van der Waals surface area contributed by atoms with Crippen molar-refractivity contribution >= 4 is 53.0 Å². The van der Waals surface area contributed by atoms with Gasteiger partial charge in [0, 0.05) is 0 Å². The van der Waals surface area contributed by atoms with E-state index < -0.39 is 36.3 Å². The topological polar surface area (TPSA) is 166 Å². The van der Waals surface area contributed by atoms with Crippen molar-refractivity contribution in [2.75, 3.05) is 6.61 Å². The van der Waals surface area contributed by atoms with E-state index >= 15 is 0 Å². The molecule has 5 heterocycles. The first-order valence-electron chi connectivity index (χ1n) is 14.2. The van der Waals surface area contributed by atoms with Crippen molar-refractivity contribution in [2.45, 2.75) is 52.0 Å². The third-order valence-electron chi connectivity index (χ3n) is 7.25. The van der Waals surface area contributed by atoms with Gasteiger partial charge in [0.05, 0.1) is 6.10 Å². The Labute approximate surface area is 272 Å². The molecule has 0 aliphatic carbocycles. The number of hydrogen-bond donors (Lipinski definition) is 3. The molecule has 5 aliphatic heterocycles. The summed E-state index contributed by atoms with van der Waals surface area (Å²) in [5.74, 6) is -2.87. The normalized spacial score (nSPS) is 21.7. The van der Waals surface area contributed by atoms with Gasteiger partial charge in [-0.25, -0.2) is 4.79 Å². The van der Waals surface area contributed by atoms with Crippen LogP contribution in [0, 0.1) is 0 Å². The number of benzene rings is 2. The minimum Gasteiger partial charge on any atom is -0.853 e. The molecule has 3 N–H and O–H groups in total. The van der Waals surface area contributed by atoms with Crippen LogP contribution in [0.1, 0.15) is 38.8 Å². The Morgan fingerprint density at radius 3 is 1.67 bits per heavy atom. The van der Waals surface area contributed by atoms with E-state index in [4.69, 9.17) is 15.3 Å². The molecule has 7 rings (SSSR count). The summed E-state index contributed by atoms with van der Waals surface area (Å²) in [7, 11) is 0. The van der Waals surface area contributed by atoms with Crippen LogP contribution >= 0.6 is 0 Å². The molecule has 45 heavy (non-hydrogen) atoms. The monoisotopic (exact) mass is 656 g/mol. The number of hydrogen-bond acceptors (Lipinski definition) is 6. The fourth-order valence-corrected chi connectivity index (χ4v) is 4.91. The molecule has 0 radical (unpaired) electrons. The van der Waals surface area contributed by atoms with Crippen LogP contribution in [0.2, 0.25) is 0 Å². The van der Waals surface area contributed by atoms with E-state index in [1.807, 2.05) is 26.0 Å². The van der Waals surface area contributed by atoms with Gasteiger partial charge in [0.15, 0.2) is 11.9 Å². The van der Waals surface area contributed by atoms with Crippen LogP contribution in [0.4, 0.5) is 22.7 Å². The summed E-state index contributed by atoms with van der Waals surface area (Å²) in [5, 5.41) is 57.4. The molecule has 0 saturated heterocycles. The molecule has 4 atom stereocenters. The Bertz CT molecular complexity index is 1660. The number of aliphatic hydroxyl groups excluding tert-OH is 3. The van der Waals surface area contributed by atoms with Crippen molar-refractivity contribution in [3.63, 3.8) is 0 Å². The maximum Gasteiger partial charge on any atom is 1.00 e. The quantitative estimate of drug-likeness (QED) is 0.282. The van der Waals surface area contributed by atoms with Gasteiger partial charge in [0.25, 0.3) is 0 Å². The van der Waals surface area contributed by atoms with Gasteiger partial charge in [-0.15, -0.1) is 41.4 Å². The van der Waals surface area contributed by atoms with Gasteiger partial charge in [-0.3, -0.25) is 0 Å². The van der Waals surface area contributed by atoms with Gasteiger partial charge in [-0.2, -0.15) is 11.4 Å². The van der Waals surface area contributed by atoms with Crippen LogP contribution in [0.3, 0.4) is 0 Å². The number of rotatable bonds is 2. The van der Waals surface area contributed by atoms with Crippen LogP contribution in [-0.2, 0) is 26.6 Å². The van der Waals surface area contributed by atoms with Crippen LogP contribution in [0.15, 0.2) is 71.5 Å². The molecular formula is C34H33CuN4O6-4. The summed E-state index contributed by atoms with van der Waals surface area (Å²) in [5.41, 5.74) is 8.55. The van der Waals surface area contributed by atoms with Crippen molar-refractivity contribution in [2.24, 2.45) is 0 Å². The number of aliphatic hydroxyl groups is 3. The molecule has 0 aromatic heterocycles. The standard InChI is InChI=1S/C14H14N2.C14H12N2.C6H7O6.Cu/c2*1-9-3-5-11-7-8-12-6-4-10(2)16-14(12)13(11)15-9;7-1-2(8)5-3(9)4(10)6(11)12-5;/h3-10H,1-2H3;3-8H,1-2H3;2,5,8-10H,1H2;/q2*-2;-1;+1. The van der Waals surface area contributed by atoms with Crippen LogP contribution in [0.25, 0.3) is 45.6 Å². The Morgan fingerprint density at radius 1 is 0.800 bits per heavy atom. The molecule has 0 fully saturated rings. The number of carbonyl (C=O) groups excluding carboxylic acids is 1. The summed E-state index contributed by atoms with van der Waals surface area (Å²) in [6, 6.07) is 8.96. The Hall–Kier alpha value is -4.41. The number of esters is 1. The number of fused-ring (bicyclic) bond motifs is 6. The van der Waals surface area contributed by atoms with Crippen molar-refractivity contribution < 1.29 is 47.0 Å². The second-order valence-electron chi connectivity index (χ2n) is 10.8. The second-order valence-corrected chi connectivity index (χ2v) is 10.8. The molecule has 0 spiro atoms. The molecule has 0 amide bonds. The zero-order valence-electron chi connectivity index (χ0n) is 25.1. The largest absolute Gasteiger partial charge is 1.00 e. The van der Waals surface area contributed by atoms with Gasteiger partial charge in [0.2, 0.25) is 5.76 Å². The van der Waals surface area contributed by atoms with Crippen molar-refractivity contribution in [1.29, 1.82) is 0 Å². The molecule has 10 nitrogen and oxygen atoms in total. The van der Waals surface area contributed by atoms with Gasteiger partial charge in [-0.1, -0.05) is 101 Å². The van der Waals surface area contributed by atoms with Crippen LogP contribution in [0.5, 0.6) is 0 Å². The number of carbonyl (C=O) groups is 1. The summed E-state index contributed by atoms with van der Waals surface area (Å²) in [6.07, 6.45) is 13.8. The summed E-state index contributed by atoms with van der Waals surface area (Å²) in [6.45, 7) is 7.29. The van der Waals surface area contributed by atoms with E-state index in [0.29, 0.717) is 0 Å². The number of allylic oxidation sites excluding steroid dienone is 4. The summed E-state index contributed by atoms with van der Waals surface area (Å²) < 4.78 is 4.28. The van der Waals surface area contributed by atoms with E-state index in [-0.39, 0.29) is 29.2 Å². The van der Waals surface area contributed by atoms with Gasteiger partial charge < -0.3 is 46.4 Å². The number of ether oxygens (including phenoxy) is 1. The van der Waals surface area contributed by atoms with Gasteiger partial charge >= 0.3 is 23.0 Å². The first kappa shape index (κ1) is 33.5. The first-order valence-corrected chi connectivity index (χ1v) is 14.2. The van der Waals surface area contributed by atoms with Crippen molar-refractivity contribution in [3.8, 4) is 0 Å². The van der Waals surface area contributed by atoms with Crippen LogP contribution in [-0.4, -0.2) is 52.2 Å². The Morgan fingerprint density at radius 2 is 1.27 bits per heavy atom. The average molecular weight is 657 g/mol. The smallest absolute Gasteiger partial charge is 0.853 e. The molecule has 4 unspecified atom stereocenters. The Kier molecular flexibility index (Phi) is 10.5. The SMILES string of the molecule is CC1=CC=c2ccc3c(c2[N-]1)[N-]C(C)=CC=3.CC1C=Cc2ccc3c(c2[N-]1)[N-]C(C)C=C3.O=C1OC(C(O)C[O-])C(O)=C1O.[Cu+]. The molecule has 240 valence electrons. The van der Waals surface area contributed by atoms with Crippen molar-refractivity contribution in [3.05, 3.63) is 114 Å². The second kappa shape index (κ2) is 14.1. The summed E-state index contributed by atoms with van der Waals surface area (Å²) >= 11 is 0. The molecule has 2 aromatic rings. The molecular weight excluding hydrogens is 624 g/mol. The third-order valence-corrected chi connectivity index (χ3v) is 7.25. The van der Waals surface area contributed by atoms with Crippen LogP contribution < -0.4 is 15.5 Å². The minimum absolute atomic E-state index is 0. The van der Waals surface area contributed by atoms with E-state index in [9.17, 15) is 9.90 Å². The van der Waals surface area contributed by atoms with Gasteiger partial charge in [-0.05, 0) is 21.6 Å². The van der Waals surface area contributed by atoms with Crippen molar-refractivity contribution in [1.82, 2.24) is 0 Å². The fourth-order valence-electron chi connectivity index (χ4n) is 4.91. The summed E-state index contributed by atoms with van der Waals surface area (Å²) in [4.78, 5) is 10.5. The Balaban J connectivity index is 0.000000154. The molecule has 2 aromatic carbocycles. The minimum atomic E-state index is -1.53. The molecule has 0 bridgehead atoms. The average Bonchev–Trinajstić information content (AvgIpc) is 3.28. The maximum absolute atomic E-state index is 10.5. The number of nitrogens with zero attached hydrogens (tertiary/aromatic N) is 4. The fraction of sp³-hybridized carbons (Fsp3) is 0.265. The third kappa shape index (κ3) is 7.29. The van der Waals surface area contributed by atoms with Gasteiger partial charge in [0.1, 0.15) is 0 Å². The first-order chi connectivity index (χ1) is 21.0. The van der Waals surface area contributed by atoms with E-state index in [1.165, 1.54) is 11.1 Å². The zero-order chi connectivity index (χ0) is 31.5. The predicted octanol–water partition coefficient (Wildman–Crippen LogP) is 5.58. The zero-order valence-corrected chi connectivity index (χ0v) is 26.0. The van der Waals surface area contributed by atoms with E-state index in [1.54, 1.807) is 0 Å². The molecule has 5 aliphatic rings. The molecule has 11 heteroatoms. The molecule has 0 saturated carbocycles.